The Bertz CT molecular complexity index is 1200. The van der Waals surface area contributed by atoms with Crippen molar-refractivity contribution in [3.63, 3.8) is 0 Å². The standard InChI is InChI=1S/C50H94O12S/c1-3-5-7-9-11-13-15-17-19-20-21-22-23-24-25-26-28-30-32-34-36-38-40-58-42-44(43-59-50-48(54)49(62-63(55,56)57)47(53)45(41-51)61-50)60-46(52)39-37-35-33-31-29-27-18-16-14-12-10-8-6-4-2/h15,17,20-21,44-45,47-51,53-54H,3-14,16,18-19,22-43H2,1-2H3,(H,55,56,57)/b17-15-,21-20-. The second-order valence-electron chi connectivity index (χ2n) is 17.8. The van der Waals surface area contributed by atoms with Gasteiger partial charge in [-0.05, 0) is 44.9 Å². The third kappa shape index (κ3) is 35.4. The summed E-state index contributed by atoms with van der Waals surface area (Å²) in [4.78, 5) is 12.9. The molecule has 0 bridgehead atoms. The Labute approximate surface area is 384 Å². The van der Waals surface area contributed by atoms with Crippen molar-refractivity contribution < 1.29 is 56.2 Å². The summed E-state index contributed by atoms with van der Waals surface area (Å²) in [5, 5.41) is 30.7. The van der Waals surface area contributed by atoms with Crippen molar-refractivity contribution in [2.24, 2.45) is 0 Å². The number of aliphatic hydroxyl groups excluding tert-OH is 3. The number of carbonyl (C=O) groups excluding carboxylic acids is 1. The van der Waals surface area contributed by atoms with Crippen LogP contribution in [0, 0.1) is 0 Å². The number of hydrogen-bond acceptors (Lipinski definition) is 11. The molecule has 63 heavy (non-hydrogen) atoms. The van der Waals surface area contributed by atoms with Gasteiger partial charge in [0.15, 0.2) is 6.29 Å². The minimum absolute atomic E-state index is 0.0381. The van der Waals surface area contributed by atoms with Crippen LogP contribution in [0.2, 0.25) is 0 Å². The Kier molecular flexibility index (Phi) is 39.7. The molecule has 0 aromatic rings. The first-order valence-electron chi connectivity index (χ1n) is 25.6. The van der Waals surface area contributed by atoms with Crippen LogP contribution in [0.1, 0.15) is 226 Å². The quantitative estimate of drug-likeness (QED) is 0.0197. The first kappa shape index (κ1) is 59.6. The van der Waals surface area contributed by atoms with Gasteiger partial charge in [0.2, 0.25) is 0 Å². The highest BCUT2D eigenvalue weighted by Gasteiger charge is 2.48. The fraction of sp³-hybridized carbons (Fsp3) is 0.900. The molecule has 12 nitrogen and oxygen atoms in total. The molecule has 0 saturated carbocycles. The van der Waals surface area contributed by atoms with Crippen LogP contribution >= 0.6 is 0 Å². The first-order chi connectivity index (χ1) is 30.6. The van der Waals surface area contributed by atoms with E-state index in [0.29, 0.717) is 13.0 Å². The van der Waals surface area contributed by atoms with Gasteiger partial charge in [0.1, 0.15) is 30.5 Å². The molecule has 6 unspecified atom stereocenters. The predicted octanol–water partition coefficient (Wildman–Crippen LogP) is 11.6. The maximum Gasteiger partial charge on any atom is 0.397 e. The van der Waals surface area contributed by atoms with Gasteiger partial charge in [-0.2, -0.15) is 8.42 Å². The average molecular weight is 919 g/mol. The van der Waals surface area contributed by atoms with Crippen molar-refractivity contribution in [1.29, 1.82) is 0 Å². The minimum atomic E-state index is -5.06. The first-order valence-corrected chi connectivity index (χ1v) is 27.0. The van der Waals surface area contributed by atoms with Crippen LogP contribution in [0.4, 0.5) is 0 Å². The van der Waals surface area contributed by atoms with E-state index in [1.165, 1.54) is 154 Å². The summed E-state index contributed by atoms with van der Waals surface area (Å²) >= 11 is 0. The zero-order valence-electron chi connectivity index (χ0n) is 39.9. The predicted molar refractivity (Wildman–Crippen MR) is 253 cm³/mol. The van der Waals surface area contributed by atoms with Crippen molar-refractivity contribution in [3.05, 3.63) is 24.3 Å². The molecule has 0 aromatic heterocycles. The fourth-order valence-electron chi connectivity index (χ4n) is 7.94. The van der Waals surface area contributed by atoms with Gasteiger partial charge in [0, 0.05) is 13.0 Å². The van der Waals surface area contributed by atoms with Crippen LogP contribution in [-0.4, -0.2) is 97.5 Å². The lowest BCUT2D eigenvalue weighted by molar-refractivity contribution is -0.301. The van der Waals surface area contributed by atoms with Crippen LogP contribution in [0.5, 0.6) is 0 Å². The number of esters is 1. The van der Waals surface area contributed by atoms with Gasteiger partial charge in [-0.25, -0.2) is 4.18 Å². The lowest BCUT2D eigenvalue weighted by atomic mass is 9.99. The van der Waals surface area contributed by atoms with Crippen molar-refractivity contribution in [1.82, 2.24) is 0 Å². The third-order valence-corrected chi connectivity index (χ3v) is 12.3. The molecule has 1 heterocycles. The Balaban J connectivity index is 2.34. The van der Waals surface area contributed by atoms with E-state index in [0.717, 1.165) is 44.9 Å². The number of rotatable bonds is 45. The summed E-state index contributed by atoms with van der Waals surface area (Å²) < 4.78 is 59.2. The Morgan fingerprint density at radius 1 is 0.603 bits per heavy atom. The molecular formula is C50H94O12S. The van der Waals surface area contributed by atoms with Crippen molar-refractivity contribution in [3.8, 4) is 0 Å². The zero-order valence-corrected chi connectivity index (χ0v) is 40.7. The van der Waals surface area contributed by atoms with E-state index in [1.807, 2.05) is 0 Å². The van der Waals surface area contributed by atoms with Crippen LogP contribution < -0.4 is 0 Å². The van der Waals surface area contributed by atoms with E-state index in [1.54, 1.807) is 0 Å². The second kappa shape index (κ2) is 42.0. The summed E-state index contributed by atoms with van der Waals surface area (Å²) in [5.41, 5.74) is 0. The molecule has 1 aliphatic heterocycles. The molecule has 1 fully saturated rings. The number of allylic oxidation sites excluding steroid dienone is 4. The minimum Gasteiger partial charge on any atom is -0.457 e. The molecular weight excluding hydrogens is 825 g/mol. The molecule has 1 rings (SSSR count). The average Bonchev–Trinajstić information content (AvgIpc) is 3.26. The number of ether oxygens (including phenoxy) is 4. The summed E-state index contributed by atoms with van der Waals surface area (Å²) in [7, 11) is -5.06. The third-order valence-electron chi connectivity index (χ3n) is 11.8. The lowest BCUT2D eigenvalue weighted by Crippen LogP contribution is -2.60. The summed E-state index contributed by atoms with van der Waals surface area (Å²) in [6.45, 7) is 4.00. The fourth-order valence-corrected chi connectivity index (χ4v) is 8.45. The maximum atomic E-state index is 12.9. The van der Waals surface area contributed by atoms with Crippen molar-refractivity contribution >= 4 is 16.4 Å². The maximum absolute atomic E-state index is 12.9. The zero-order chi connectivity index (χ0) is 46.1. The number of aliphatic hydroxyl groups is 3. The van der Waals surface area contributed by atoms with Gasteiger partial charge in [-0.3, -0.25) is 9.35 Å². The normalized spacial score (nSPS) is 20.0. The molecule has 0 spiro atoms. The van der Waals surface area contributed by atoms with Crippen molar-refractivity contribution in [2.45, 2.75) is 263 Å². The SMILES string of the molecule is CCCCCCC/C=C\C/C=C\CCCCCCCCCCCCOCC(COC1OC(CO)C(O)C(OS(=O)(=O)O)C1O)OC(=O)CCCCCCCCCCCCCCCC. The van der Waals surface area contributed by atoms with E-state index in [4.69, 9.17) is 18.9 Å². The molecule has 4 N–H and O–H groups in total. The van der Waals surface area contributed by atoms with Gasteiger partial charge in [-0.1, -0.05) is 199 Å². The molecule has 0 amide bonds. The Hall–Kier alpha value is -1.42. The second-order valence-corrected chi connectivity index (χ2v) is 18.8. The van der Waals surface area contributed by atoms with Gasteiger partial charge in [-0.15, -0.1) is 0 Å². The number of unbranched alkanes of at least 4 members (excludes halogenated alkanes) is 28. The summed E-state index contributed by atoms with van der Waals surface area (Å²) in [6.07, 6.45) is 39.2. The van der Waals surface area contributed by atoms with Crippen LogP contribution in [0.15, 0.2) is 24.3 Å². The van der Waals surface area contributed by atoms with Crippen LogP contribution in [0.3, 0.4) is 0 Å². The number of hydrogen-bond donors (Lipinski definition) is 4. The van der Waals surface area contributed by atoms with E-state index in [2.05, 4.69) is 42.3 Å². The highest BCUT2D eigenvalue weighted by atomic mass is 32.3. The topological polar surface area (TPSA) is 178 Å². The monoisotopic (exact) mass is 919 g/mol. The summed E-state index contributed by atoms with van der Waals surface area (Å²) in [5.74, 6) is -0.397. The van der Waals surface area contributed by atoms with E-state index in [9.17, 15) is 33.1 Å². The molecule has 372 valence electrons. The Morgan fingerprint density at radius 3 is 1.51 bits per heavy atom. The highest BCUT2D eigenvalue weighted by molar-refractivity contribution is 7.80. The van der Waals surface area contributed by atoms with E-state index in [-0.39, 0.29) is 19.6 Å². The molecule has 6 atom stereocenters. The lowest BCUT2D eigenvalue weighted by Gasteiger charge is -2.41. The van der Waals surface area contributed by atoms with Gasteiger partial charge in [0.05, 0.1) is 19.8 Å². The Morgan fingerprint density at radius 2 is 1.05 bits per heavy atom. The van der Waals surface area contributed by atoms with Gasteiger partial charge >= 0.3 is 16.4 Å². The van der Waals surface area contributed by atoms with E-state index < -0.39 is 59.8 Å². The molecule has 1 aliphatic rings. The molecule has 0 radical (unpaired) electrons. The molecule has 1 saturated heterocycles. The van der Waals surface area contributed by atoms with Crippen molar-refractivity contribution in [2.75, 3.05) is 26.4 Å². The smallest absolute Gasteiger partial charge is 0.397 e. The molecule has 13 heteroatoms. The van der Waals surface area contributed by atoms with Gasteiger partial charge in [0.25, 0.3) is 0 Å². The van der Waals surface area contributed by atoms with Gasteiger partial charge < -0.3 is 34.3 Å². The van der Waals surface area contributed by atoms with E-state index >= 15 is 0 Å². The highest BCUT2D eigenvalue weighted by Crippen LogP contribution is 2.26. The largest absolute Gasteiger partial charge is 0.457 e. The number of carbonyl (C=O) groups is 1. The van der Waals surface area contributed by atoms with Crippen LogP contribution in [0.25, 0.3) is 0 Å². The molecule has 0 aliphatic carbocycles. The summed E-state index contributed by atoms with van der Waals surface area (Å²) in [6, 6.07) is 0. The molecule has 0 aromatic carbocycles. The van der Waals surface area contributed by atoms with Crippen LogP contribution in [-0.2, 0) is 38.3 Å².